The second kappa shape index (κ2) is 7.86. The number of carbonyl (C=O) groups excluding carboxylic acids is 4. The molecule has 3 amide bonds. The summed E-state index contributed by atoms with van der Waals surface area (Å²) in [5, 5.41) is 0. The van der Waals surface area contributed by atoms with E-state index in [0.29, 0.717) is 17.2 Å². The van der Waals surface area contributed by atoms with Crippen molar-refractivity contribution >= 4 is 29.4 Å². The summed E-state index contributed by atoms with van der Waals surface area (Å²) < 4.78 is 10.5. The number of imide groups is 1. The molecule has 1 aromatic carbocycles. The van der Waals surface area contributed by atoms with E-state index in [1.807, 2.05) is 27.7 Å². The van der Waals surface area contributed by atoms with Crippen LogP contribution in [0.25, 0.3) is 0 Å². The first kappa shape index (κ1) is 22.8. The maximum Gasteiger partial charge on any atom is 0.308 e. The zero-order chi connectivity index (χ0) is 24.1. The van der Waals surface area contributed by atoms with Crippen molar-refractivity contribution in [3.05, 3.63) is 48.4 Å². The predicted molar refractivity (Wildman–Crippen MR) is 119 cm³/mol. The molecule has 33 heavy (non-hydrogen) atoms. The highest BCUT2D eigenvalue weighted by Gasteiger charge is 2.69. The molecule has 1 aliphatic carbocycles. The Morgan fingerprint density at radius 2 is 1.73 bits per heavy atom. The molecule has 1 saturated carbocycles. The second-order valence-electron chi connectivity index (χ2n) is 9.80. The van der Waals surface area contributed by atoms with Crippen molar-refractivity contribution in [3.8, 4) is 5.75 Å². The smallest absolute Gasteiger partial charge is 0.308 e. The lowest BCUT2D eigenvalue weighted by molar-refractivity contribution is -0.141. The van der Waals surface area contributed by atoms with E-state index in [2.05, 4.69) is 0 Å². The average Bonchev–Trinajstić information content (AvgIpc) is 3.14. The standard InChI is InChI=1S/C25H28N2O6/c1-15(28)33-17-10-8-16(9-11-17)27-20(29)13-19(22(27)30)26(14-18-7-6-12-32-18)23(31)21-24(2,3)25(21,4)5/h6-12,19,21H,13-14H2,1-5H3. The molecule has 8 nitrogen and oxygen atoms in total. The van der Waals surface area contributed by atoms with Crippen LogP contribution in [-0.4, -0.2) is 34.6 Å². The molecule has 1 aromatic heterocycles. The third kappa shape index (κ3) is 3.83. The molecule has 0 bridgehead atoms. The van der Waals surface area contributed by atoms with Gasteiger partial charge in [-0.05, 0) is 47.2 Å². The summed E-state index contributed by atoms with van der Waals surface area (Å²) in [6.07, 6.45) is 1.41. The monoisotopic (exact) mass is 452 g/mol. The van der Waals surface area contributed by atoms with Gasteiger partial charge in [0.25, 0.3) is 5.91 Å². The van der Waals surface area contributed by atoms with Crippen LogP contribution in [0, 0.1) is 16.7 Å². The molecule has 2 aromatic rings. The fourth-order valence-electron chi connectivity index (χ4n) is 4.85. The van der Waals surface area contributed by atoms with E-state index in [4.69, 9.17) is 9.15 Å². The Labute approximate surface area is 192 Å². The maximum atomic E-state index is 13.6. The number of esters is 1. The normalized spacial score (nSPS) is 21.2. The highest BCUT2D eigenvalue weighted by Crippen LogP contribution is 2.69. The molecule has 1 unspecified atom stereocenters. The number of hydrogen-bond donors (Lipinski definition) is 0. The quantitative estimate of drug-likeness (QED) is 0.378. The van der Waals surface area contributed by atoms with Gasteiger partial charge in [0.05, 0.1) is 24.9 Å². The van der Waals surface area contributed by atoms with Gasteiger partial charge >= 0.3 is 5.97 Å². The van der Waals surface area contributed by atoms with Crippen molar-refractivity contribution in [2.24, 2.45) is 16.7 Å². The fourth-order valence-corrected chi connectivity index (χ4v) is 4.85. The van der Waals surface area contributed by atoms with E-state index in [1.165, 1.54) is 30.2 Å². The largest absolute Gasteiger partial charge is 0.467 e. The molecular weight excluding hydrogens is 424 g/mol. The summed E-state index contributed by atoms with van der Waals surface area (Å²) in [7, 11) is 0. The second-order valence-corrected chi connectivity index (χ2v) is 9.80. The van der Waals surface area contributed by atoms with Gasteiger partial charge in [-0.3, -0.25) is 19.2 Å². The topological polar surface area (TPSA) is 97.1 Å². The minimum Gasteiger partial charge on any atom is -0.467 e. The molecular formula is C25H28N2O6. The SMILES string of the molecule is CC(=O)Oc1ccc(N2C(=O)CC(N(Cc3ccco3)C(=O)C3C(C)(C)C3(C)C)C2=O)cc1. The summed E-state index contributed by atoms with van der Waals surface area (Å²) >= 11 is 0. The highest BCUT2D eigenvalue weighted by atomic mass is 16.5. The highest BCUT2D eigenvalue weighted by molar-refractivity contribution is 6.23. The van der Waals surface area contributed by atoms with Crippen LogP contribution in [0.15, 0.2) is 47.1 Å². The van der Waals surface area contributed by atoms with E-state index in [1.54, 1.807) is 24.3 Å². The molecule has 4 rings (SSSR count). The Morgan fingerprint density at radius 1 is 1.09 bits per heavy atom. The Bertz CT molecular complexity index is 1090. The first-order chi connectivity index (χ1) is 15.4. The summed E-state index contributed by atoms with van der Waals surface area (Å²) in [4.78, 5) is 53.7. The van der Waals surface area contributed by atoms with Gasteiger partial charge in [-0.1, -0.05) is 27.7 Å². The van der Waals surface area contributed by atoms with E-state index < -0.39 is 23.8 Å². The molecule has 8 heteroatoms. The van der Waals surface area contributed by atoms with Crippen LogP contribution in [0.1, 0.15) is 46.8 Å². The summed E-state index contributed by atoms with van der Waals surface area (Å²) in [5.41, 5.74) is -0.0758. The van der Waals surface area contributed by atoms with Crippen molar-refractivity contribution < 1.29 is 28.3 Å². The van der Waals surface area contributed by atoms with Crippen molar-refractivity contribution in [2.45, 2.75) is 53.6 Å². The molecule has 2 heterocycles. The minimum absolute atomic E-state index is 0.107. The number of nitrogens with zero attached hydrogens (tertiary/aromatic N) is 2. The first-order valence-electron chi connectivity index (χ1n) is 10.9. The molecule has 1 aliphatic heterocycles. The zero-order valence-electron chi connectivity index (χ0n) is 19.5. The van der Waals surface area contributed by atoms with Gasteiger partial charge in [0.15, 0.2) is 0 Å². The lowest BCUT2D eigenvalue weighted by Gasteiger charge is -2.28. The van der Waals surface area contributed by atoms with Crippen LogP contribution in [0.5, 0.6) is 5.75 Å². The van der Waals surface area contributed by atoms with Gasteiger partial charge in [-0.2, -0.15) is 0 Å². The Kier molecular flexibility index (Phi) is 5.42. The van der Waals surface area contributed by atoms with Gasteiger partial charge in [0, 0.05) is 12.8 Å². The van der Waals surface area contributed by atoms with E-state index in [9.17, 15) is 19.2 Å². The average molecular weight is 453 g/mol. The Hall–Kier alpha value is -3.42. The van der Waals surface area contributed by atoms with Gasteiger partial charge in [-0.25, -0.2) is 4.90 Å². The Balaban J connectivity index is 1.61. The Morgan fingerprint density at radius 3 is 2.24 bits per heavy atom. The van der Waals surface area contributed by atoms with E-state index >= 15 is 0 Å². The predicted octanol–water partition coefficient (Wildman–Crippen LogP) is 3.55. The van der Waals surface area contributed by atoms with Crippen LogP contribution in [0.2, 0.25) is 0 Å². The van der Waals surface area contributed by atoms with Crippen molar-refractivity contribution in [3.63, 3.8) is 0 Å². The van der Waals surface area contributed by atoms with E-state index in [-0.39, 0.29) is 35.6 Å². The van der Waals surface area contributed by atoms with Crippen molar-refractivity contribution in [1.29, 1.82) is 0 Å². The van der Waals surface area contributed by atoms with Gasteiger partial charge < -0.3 is 14.1 Å². The van der Waals surface area contributed by atoms with Crippen LogP contribution in [0.4, 0.5) is 5.69 Å². The van der Waals surface area contributed by atoms with Crippen LogP contribution >= 0.6 is 0 Å². The third-order valence-electron chi connectivity index (χ3n) is 7.31. The molecule has 0 radical (unpaired) electrons. The number of anilines is 1. The van der Waals surface area contributed by atoms with Crippen LogP contribution in [-0.2, 0) is 25.7 Å². The minimum atomic E-state index is -0.921. The molecule has 174 valence electrons. The van der Waals surface area contributed by atoms with Gasteiger partial charge in [0.2, 0.25) is 11.8 Å². The van der Waals surface area contributed by atoms with Crippen molar-refractivity contribution in [2.75, 3.05) is 4.90 Å². The molecule has 1 atom stereocenters. The number of amides is 3. The number of ether oxygens (including phenoxy) is 1. The third-order valence-corrected chi connectivity index (χ3v) is 7.31. The van der Waals surface area contributed by atoms with Gasteiger partial charge in [-0.15, -0.1) is 0 Å². The van der Waals surface area contributed by atoms with Crippen molar-refractivity contribution in [1.82, 2.24) is 4.90 Å². The van der Waals surface area contributed by atoms with Gasteiger partial charge in [0.1, 0.15) is 17.6 Å². The fraction of sp³-hybridized carbons (Fsp3) is 0.440. The molecule has 2 aliphatic rings. The van der Waals surface area contributed by atoms with Crippen LogP contribution in [0.3, 0.4) is 0 Å². The molecule has 2 fully saturated rings. The first-order valence-corrected chi connectivity index (χ1v) is 10.9. The molecule has 0 spiro atoms. The summed E-state index contributed by atoms with van der Waals surface area (Å²) in [6.45, 7) is 9.56. The van der Waals surface area contributed by atoms with Crippen LogP contribution < -0.4 is 9.64 Å². The van der Waals surface area contributed by atoms with E-state index in [0.717, 1.165) is 4.90 Å². The summed E-state index contributed by atoms with van der Waals surface area (Å²) in [6, 6.07) is 8.68. The lowest BCUT2D eigenvalue weighted by atomic mass is 10.0. The number of rotatable bonds is 6. The lowest BCUT2D eigenvalue weighted by Crippen LogP contribution is -2.46. The molecule has 1 saturated heterocycles. The number of hydrogen-bond acceptors (Lipinski definition) is 6. The zero-order valence-corrected chi connectivity index (χ0v) is 19.5. The maximum absolute atomic E-state index is 13.6. The molecule has 0 N–H and O–H groups in total. The number of benzene rings is 1. The number of carbonyl (C=O) groups is 4. The summed E-state index contributed by atoms with van der Waals surface area (Å²) in [5.74, 6) is -0.874. The number of furan rings is 1.